The van der Waals surface area contributed by atoms with Gasteiger partial charge >= 0.3 is 6.18 Å². The topological polar surface area (TPSA) is 85.3 Å². The van der Waals surface area contributed by atoms with E-state index in [9.17, 15) is 18.0 Å². The number of carbonyl (C=O) groups is 1. The molecule has 0 fully saturated rings. The number of amides is 1. The van der Waals surface area contributed by atoms with Gasteiger partial charge in [-0.15, -0.1) is 5.10 Å². The number of imidazole rings is 1. The molecule has 0 radical (unpaired) electrons. The molecule has 4 rings (SSSR count). The van der Waals surface area contributed by atoms with Gasteiger partial charge in [-0.3, -0.25) is 4.79 Å². The molecule has 1 amide bonds. The summed E-state index contributed by atoms with van der Waals surface area (Å²) in [4.78, 5) is 15.6. The largest absolute Gasteiger partial charge is 0.416 e. The molecular formula is C22H18F3N5O. The van der Waals surface area contributed by atoms with Gasteiger partial charge in [0.1, 0.15) is 5.82 Å². The number of carbonyl (C=O) groups excluding carboxylic acids is 1. The first kappa shape index (κ1) is 20.4. The molecule has 0 aliphatic rings. The van der Waals surface area contributed by atoms with Crippen molar-refractivity contribution in [2.24, 2.45) is 5.73 Å². The molecule has 158 valence electrons. The number of aromatic nitrogens is 3. The van der Waals surface area contributed by atoms with Crippen LogP contribution in [-0.2, 0) is 12.6 Å². The number of nitrogens with one attached hydrogen (secondary N) is 1. The van der Waals surface area contributed by atoms with Crippen LogP contribution in [0.1, 0.15) is 21.5 Å². The molecule has 0 saturated carbocycles. The number of rotatable bonds is 6. The maximum atomic E-state index is 12.9. The van der Waals surface area contributed by atoms with Crippen LogP contribution in [0.3, 0.4) is 0 Å². The minimum absolute atomic E-state index is 0.405. The van der Waals surface area contributed by atoms with Crippen LogP contribution in [0.25, 0.3) is 16.9 Å². The second-order valence-corrected chi connectivity index (χ2v) is 6.95. The Morgan fingerprint density at radius 3 is 2.55 bits per heavy atom. The van der Waals surface area contributed by atoms with Crippen molar-refractivity contribution in [3.63, 3.8) is 0 Å². The molecule has 3 N–H and O–H groups in total. The quantitative estimate of drug-likeness (QED) is 0.486. The Hall–Kier alpha value is -3.88. The van der Waals surface area contributed by atoms with Gasteiger partial charge in [-0.2, -0.15) is 13.2 Å². The van der Waals surface area contributed by atoms with Crippen molar-refractivity contribution >= 4 is 17.4 Å². The zero-order valence-corrected chi connectivity index (χ0v) is 16.2. The van der Waals surface area contributed by atoms with E-state index < -0.39 is 17.6 Å². The predicted molar refractivity (Wildman–Crippen MR) is 111 cm³/mol. The molecule has 0 spiro atoms. The average molecular weight is 425 g/mol. The van der Waals surface area contributed by atoms with E-state index in [0.717, 1.165) is 23.4 Å². The van der Waals surface area contributed by atoms with Crippen molar-refractivity contribution in [3.8, 4) is 11.3 Å². The van der Waals surface area contributed by atoms with Crippen LogP contribution in [0.4, 0.5) is 19.0 Å². The highest BCUT2D eigenvalue weighted by atomic mass is 19.4. The second kappa shape index (κ2) is 8.10. The third kappa shape index (κ3) is 4.50. The maximum absolute atomic E-state index is 12.9. The van der Waals surface area contributed by atoms with Crippen molar-refractivity contribution in [3.05, 3.63) is 83.6 Å². The normalized spacial score (nSPS) is 11.6. The van der Waals surface area contributed by atoms with Gasteiger partial charge in [0.25, 0.3) is 0 Å². The van der Waals surface area contributed by atoms with Gasteiger partial charge in [-0.25, -0.2) is 9.50 Å². The number of anilines is 1. The molecule has 2 aromatic carbocycles. The summed E-state index contributed by atoms with van der Waals surface area (Å²) in [5, 5.41) is 7.66. The van der Waals surface area contributed by atoms with Crippen molar-refractivity contribution < 1.29 is 18.0 Å². The van der Waals surface area contributed by atoms with E-state index in [0.29, 0.717) is 35.6 Å². The minimum Gasteiger partial charge on any atom is -0.368 e. The number of nitrogens with zero attached hydrogens (tertiary/aromatic N) is 3. The zero-order chi connectivity index (χ0) is 22.0. The van der Waals surface area contributed by atoms with E-state index in [2.05, 4.69) is 15.4 Å². The summed E-state index contributed by atoms with van der Waals surface area (Å²) in [5.41, 5.74) is 7.79. The summed E-state index contributed by atoms with van der Waals surface area (Å²) >= 11 is 0. The molecule has 6 nitrogen and oxygen atoms in total. The fourth-order valence-electron chi connectivity index (χ4n) is 3.21. The number of hydrogen-bond donors (Lipinski definition) is 2. The Labute approximate surface area is 175 Å². The third-order valence-corrected chi connectivity index (χ3v) is 4.80. The van der Waals surface area contributed by atoms with Crippen molar-refractivity contribution in [2.45, 2.75) is 12.6 Å². The lowest BCUT2D eigenvalue weighted by Gasteiger charge is -2.10. The van der Waals surface area contributed by atoms with E-state index in [1.807, 2.05) is 0 Å². The number of nitrogens with two attached hydrogens (primary N) is 1. The molecule has 2 heterocycles. The number of alkyl halides is 3. The molecular weight excluding hydrogens is 407 g/mol. The summed E-state index contributed by atoms with van der Waals surface area (Å²) in [6.07, 6.45) is -2.27. The summed E-state index contributed by atoms with van der Waals surface area (Å²) in [5.74, 6) is 0.0579. The highest BCUT2D eigenvalue weighted by molar-refractivity contribution is 5.93. The molecule has 0 aliphatic carbocycles. The van der Waals surface area contributed by atoms with Crippen LogP contribution < -0.4 is 11.1 Å². The van der Waals surface area contributed by atoms with Gasteiger partial charge < -0.3 is 11.1 Å². The summed E-state index contributed by atoms with van der Waals surface area (Å²) in [6.45, 7) is 0.414. The zero-order valence-electron chi connectivity index (χ0n) is 16.2. The Morgan fingerprint density at radius 1 is 1.06 bits per heavy atom. The Bertz CT molecular complexity index is 1230. The summed E-state index contributed by atoms with van der Waals surface area (Å²) in [7, 11) is 0. The second-order valence-electron chi connectivity index (χ2n) is 6.95. The smallest absolute Gasteiger partial charge is 0.368 e. The maximum Gasteiger partial charge on any atom is 0.416 e. The Kier molecular flexibility index (Phi) is 5.33. The van der Waals surface area contributed by atoms with Crippen molar-refractivity contribution in [1.82, 2.24) is 14.6 Å². The highest BCUT2D eigenvalue weighted by Crippen LogP contribution is 2.29. The van der Waals surface area contributed by atoms with Crippen LogP contribution in [0.5, 0.6) is 0 Å². The number of halogens is 3. The predicted octanol–water partition coefficient (Wildman–Crippen LogP) is 4.17. The van der Waals surface area contributed by atoms with E-state index in [4.69, 9.17) is 5.73 Å². The number of benzene rings is 2. The average Bonchev–Trinajstić information content (AvgIpc) is 3.17. The molecule has 9 heteroatoms. The van der Waals surface area contributed by atoms with Gasteiger partial charge in [-0.1, -0.05) is 30.3 Å². The van der Waals surface area contributed by atoms with Gasteiger partial charge in [-0.05, 0) is 42.3 Å². The summed E-state index contributed by atoms with van der Waals surface area (Å²) in [6, 6.07) is 15.6. The lowest BCUT2D eigenvalue weighted by Crippen LogP contribution is -2.10. The number of fused-ring (bicyclic) bond motifs is 1. The lowest BCUT2D eigenvalue weighted by molar-refractivity contribution is -0.137. The van der Waals surface area contributed by atoms with Crippen LogP contribution >= 0.6 is 0 Å². The van der Waals surface area contributed by atoms with Gasteiger partial charge in [0, 0.05) is 17.7 Å². The van der Waals surface area contributed by atoms with Crippen LogP contribution in [0.15, 0.2) is 66.9 Å². The molecule has 0 unspecified atom stereocenters. The van der Waals surface area contributed by atoms with Crippen LogP contribution in [0.2, 0.25) is 0 Å². The fourth-order valence-corrected chi connectivity index (χ4v) is 3.21. The van der Waals surface area contributed by atoms with Crippen LogP contribution in [-0.4, -0.2) is 27.0 Å². The van der Waals surface area contributed by atoms with Crippen molar-refractivity contribution in [2.75, 3.05) is 11.9 Å². The highest BCUT2D eigenvalue weighted by Gasteiger charge is 2.30. The first-order valence-corrected chi connectivity index (χ1v) is 9.46. The monoisotopic (exact) mass is 425 g/mol. The van der Waals surface area contributed by atoms with E-state index in [1.165, 1.54) is 6.07 Å². The number of primary amides is 1. The molecule has 0 aliphatic heterocycles. The first-order valence-electron chi connectivity index (χ1n) is 9.46. The molecule has 31 heavy (non-hydrogen) atoms. The van der Waals surface area contributed by atoms with Crippen molar-refractivity contribution in [1.29, 1.82) is 0 Å². The fraction of sp³-hybridized carbons (Fsp3) is 0.136. The molecule has 0 bridgehead atoms. The number of hydrogen-bond acceptors (Lipinski definition) is 4. The van der Waals surface area contributed by atoms with Crippen LogP contribution in [0, 0.1) is 0 Å². The molecule has 4 aromatic rings. The Morgan fingerprint density at radius 2 is 1.84 bits per heavy atom. The van der Waals surface area contributed by atoms with Gasteiger partial charge in [0.2, 0.25) is 5.91 Å². The molecule has 2 aromatic heterocycles. The van der Waals surface area contributed by atoms with E-state index in [1.54, 1.807) is 53.2 Å². The Balaban J connectivity index is 1.49. The summed E-state index contributed by atoms with van der Waals surface area (Å²) < 4.78 is 40.2. The minimum atomic E-state index is -4.36. The molecule has 0 atom stereocenters. The standard InChI is InChI=1S/C22H18F3N5O/c23-22(24,25)17-3-1-2-14(12-17)10-11-27-19-8-9-20-28-13-18(30(20)29-19)15-4-6-16(7-5-15)21(26)31/h1-9,12-13H,10-11H2,(H2,26,31)(H,27,29). The van der Waals surface area contributed by atoms with Gasteiger partial charge in [0.05, 0.1) is 17.5 Å². The molecule has 0 saturated heterocycles. The third-order valence-electron chi connectivity index (χ3n) is 4.80. The van der Waals surface area contributed by atoms with Gasteiger partial charge in [0.15, 0.2) is 5.65 Å². The van der Waals surface area contributed by atoms with E-state index >= 15 is 0 Å². The SMILES string of the molecule is NC(=O)c1ccc(-c2cnc3ccc(NCCc4cccc(C(F)(F)F)c4)nn23)cc1. The first-order chi connectivity index (χ1) is 14.8. The van der Waals surface area contributed by atoms with E-state index in [-0.39, 0.29) is 0 Å². The lowest BCUT2D eigenvalue weighted by atomic mass is 10.1.